The summed E-state index contributed by atoms with van der Waals surface area (Å²) in [5.74, 6) is -0.553. The van der Waals surface area contributed by atoms with Gasteiger partial charge < -0.3 is 15.4 Å². The quantitative estimate of drug-likeness (QED) is 0.698. The minimum Gasteiger partial charge on any atom is -0.494 e. The van der Waals surface area contributed by atoms with Crippen molar-refractivity contribution in [2.24, 2.45) is 0 Å². The van der Waals surface area contributed by atoms with Gasteiger partial charge in [0.2, 0.25) is 0 Å². The molecule has 0 spiro atoms. The fourth-order valence-corrected chi connectivity index (χ4v) is 4.12. The molecule has 1 aliphatic rings. The van der Waals surface area contributed by atoms with Crippen LogP contribution in [0.3, 0.4) is 0 Å². The Morgan fingerprint density at radius 2 is 1.86 bits per heavy atom. The highest BCUT2D eigenvalue weighted by molar-refractivity contribution is 7.08. The molecule has 2 N–H and O–H groups in total. The van der Waals surface area contributed by atoms with Crippen molar-refractivity contribution in [1.29, 1.82) is 0 Å². The van der Waals surface area contributed by atoms with Gasteiger partial charge in [-0.2, -0.15) is 11.3 Å². The number of carbonyl (C=O) groups is 2. The van der Waals surface area contributed by atoms with Crippen LogP contribution < -0.4 is 15.4 Å². The molecule has 2 aromatic rings. The lowest BCUT2D eigenvalue weighted by Gasteiger charge is -2.34. The molecule has 0 bridgehead atoms. The monoisotopic (exact) mass is 401 g/mol. The van der Waals surface area contributed by atoms with Gasteiger partial charge in [-0.1, -0.05) is 6.42 Å². The fourth-order valence-electron chi connectivity index (χ4n) is 3.41. The molecule has 1 aromatic heterocycles. The van der Waals surface area contributed by atoms with Gasteiger partial charge in [-0.15, -0.1) is 0 Å². The SMILES string of the molecule is CCOc1ccc(NC(=O)C(=O)NCC(c2ccsc2)N2CCCCC2)cc1. The Bertz CT molecular complexity index is 756. The zero-order valence-corrected chi connectivity index (χ0v) is 17.0. The third kappa shape index (κ3) is 5.56. The van der Waals surface area contributed by atoms with Gasteiger partial charge in [0.05, 0.1) is 12.6 Å². The Morgan fingerprint density at radius 1 is 1.11 bits per heavy atom. The molecule has 28 heavy (non-hydrogen) atoms. The summed E-state index contributed by atoms with van der Waals surface area (Å²) in [6.45, 7) is 4.96. The van der Waals surface area contributed by atoms with E-state index in [4.69, 9.17) is 4.74 Å². The predicted octanol–water partition coefficient (Wildman–Crippen LogP) is 3.43. The van der Waals surface area contributed by atoms with Crippen LogP contribution in [0.25, 0.3) is 0 Å². The summed E-state index contributed by atoms with van der Waals surface area (Å²) in [7, 11) is 0. The maximum atomic E-state index is 12.3. The van der Waals surface area contributed by atoms with Crippen LogP contribution in [0.4, 0.5) is 5.69 Å². The van der Waals surface area contributed by atoms with Crippen LogP contribution in [-0.2, 0) is 9.59 Å². The molecular weight excluding hydrogens is 374 g/mol. The van der Waals surface area contributed by atoms with Crippen molar-refractivity contribution in [2.75, 3.05) is 31.6 Å². The number of anilines is 1. The zero-order valence-electron chi connectivity index (χ0n) is 16.1. The predicted molar refractivity (Wildman–Crippen MR) is 112 cm³/mol. The number of amides is 2. The lowest BCUT2D eigenvalue weighted by Crippen LogP contribution is -2.43. The Kier molecular flexibility index (Phi) is 7.45. The minimum absolute atomic E-state index is 0.105. The number of hydrogen-bond donors (Lipinski definition) is 2. The lowest BCUT2D eigenvalue weighted by atomic mass is 10.0. The minimum atomic E-state index is -0.660. The smallest absolute Gasteiger partial charge is 0.313 e. The normalized spacial score (nSPS) is 15.6. The number of nitrogens with one attached hydrogen (secondary N) is 2. The molecule has 1 fully saturated rings. The maximum Gasteiger partial charge on any atom is 0.313 e. The number of nitrogens with zero attached hydrogens (tertiary/aromatic N) is 1. The molecular formula is C21H27N3O3S. The molecule has 1 saturated heterocycles. The summed E-state index contributed by atoms with van der Waals surface area (Å²) in [6, 6.07) is 9.17. The molecule has 7 heteroatoms. The van der Waals surface area contributed by atoms with E-state index >= 15 is 0 Å². The summed E-state index contributed by atoms with van der Waals surface area (Å²) >= 11 is 1.65. The van der Waals surface area contributed by atoms with Crippen molar-refractivity contribution in [2.45, 2.75) is 32.2 Å². The number of benzene rings is 1. The number of ether oxygens (including phenoxy) is 1. The number of rotatable bonds is 7. The first kappa shape index (κ1) is 20.4. The highest BCUT2D eigenvalue weighted by atomic mass is 32.1. The molecule has 0 aliphatic carbocycles. The van der Waals surface area contributed by atoms with Crippen LogP contribution in [0.15, 0.2) is 41.1 Å². The zero-order chi connectivity index (χ0) is 19.8. The highest BCUT2D eigenvalue weighted by Gasteiger charge is 2.24. The number of thiophene rings is 1. The first-order valence-corrected chi connectivity index (χ1v) is 10.7. The molecule has 1 aromatic carbocycles. The number of carbonyl (C=O) groups excluding carboxylic acids is 2. The third-order valence-electron chi connectivity index (χ3n) is 4.84. The Hall–Kier alpha value is -2.38. The van der Waals surface area contributed by atoms with E-state index in [1.165, 1.54) is 24.8 Å². The topological polar surface area (TPSA) is 70.7 Å². The van der Waals surface area contributed by atoms with E-state index in [0.717, 1.165) is 18.8 Å². The number of likely N-dealkylation sites (tertiary alicyclic amines) is 1. The van der Waals surface area contributed by atoms with Crippen molar-refractivity contribution >= 4 is 28.8 Å². The first-order valence-electron chi connectivity index (χ1n) is 9.75. The van der Waals surface area contributed by atoms with E-state index in [2.05, 4.69) is 27.0 Å². The second kappa shape index (κ2) is 10.2. The molecule has 6 nitrogen and oxygen atoms in total. The number of hydrogen-bond acceptors (Lipinski definition) is 5. The molecule has 1 unspecified atom stereocenters. The summed E-state index contributed by atoms with van der Waals surface area (Å²) < 4.78 is 5.38. The highest BCUT2D eigenvalue weighted by Crippen LogP contribution is 2.25. The van der Waals surface area contributed by atoms with Crippen LogP contribution in [0.1, 0.15) is 37.8 Å². The summed E-state index contributed by atoms with van der Waals surface area (Å²) in [4.78, 5) is 26.9. The molecule has 2 amide bonds. The van der Waals surface area contributed by atoms with Crippen molar-refractivity contribution < 1.29 is 14.3 Å². The Labute approximate surface area is 169 Å². The second-order valence-electron chi connectivity index (χ2n) is 6.79. The maximum absolute atomic E-state index is 12.3. The molecule has 3 rings (SSSR count). The molecule has 1 aliphatic heterocycles. The molecule has 1 atom stereocenters. The van der Waals surface area contributed by atoms with Gasteiger partial charge in [0.15, 0.2) is 0 Å². The van der Waals surface area contributed by atoms with Crippen LogP contribution in [0, 0.1) is 0 Å². The van der Waals surface area contributed by atoms with Crippen LogP contribution >= 0.6 is 11.3 Å². The van der Waals surface area contributed by atoms with Gasteiger partial charge in [0.25, 0.3) is 0 Å². The van der Waals surface area contributed by atoms with Crippen molar-refractivity contribution in [3.8, 4) is 5.75 Å². The van der Waals surface area contributed by atoms with Crippen molar-refractivity contribution in [3.05, 3.63) is 46.7 Å². The van der Waals surface area contributed by atoms with E-state index in [1.807, 2.05) is 12.3 Å². The van der Waals surface area contributed by atoms with Crippen LogP contribution in [0.2, 0.25) is 0 Å². The van der Waals surface area contributed by atoms with Crippen LogP contribution in [-0.4, -0.2) is 43.0 Å². The fraction of sp³-hybridized carbons (Fsp3) is 0.429. The van der Waals surface area contributed by atoms with E-state index in [9.17, 15) is 9.59 Å². The van der Waals surface area contributed by atoms with Gasteiger partial charge in [0.1, 0.15) is 5.75 Å². The Balaban J connectivity index is 1.55. The molecule has 0 radical (unpaired) electrons. The van der Waals surface area contributed by atoms with Gasteiger partial charge >= 0.3 is 11.8 Å². The summed E-state index contributed by atoms with van der Waals surface area (Å²) in [6.07, 6.45) is 3.60. The molecule has 2 heterocycles. The third-order valence-corrected chi connectivity index (χ3v) is 5.55. The van der Waals surface area contributed by atoms with E-state index in [0.29, 0.717) is 18.8 Å². The average Bonchev–Trinajstić information content (AvgIpc) is 3.25. The Morgan fingerprint density at radius 3 is 2.50 bits per heavy atom. The van der Waals surface area contributed by atoms with Gasteiger partial charge in [-0.25, -0.2) is 0 Å². The molecule has 150 valence electrons. The van der Waals surface area contributed by atoms with Crippen molar-refractivity contribution in [3.63, 3.8) is 0 Å². The van der Waals surface area contributed by atoms with Gasteiger partial charge in [-0.05, 0) is 79.5 Å². The van der Waals surface area contributed by atoms with E-state index < -0.39 is 11.8 Å². The van der Waals surface area contributed by atoms with E-state index in [-0.39, 0.29) is 6.04 Å². The summed E-state index contributed by atoms with van der Waals surface area (Å²) in [5, 5.41) is 9.60. The molecule has 0 saturated carbocycles. The standard InChI is InChI=1S/C21H27N3O3S/c1-2-27-18-8-6-17(7-9-18)23-21(26)20(25)22-14-19(16-10-13-28-15-16)24-11-4-3-5-12-24/h6-10,13,15,19H,2-5,11-12,14H2,1H3,(H,22,25)(H,23,26). The average molecular weight is 402 g/mol. The van der Waals surface area contributed by atoms with Crippen molar-refractivity contribution in [1.82, 2.24) is 10.2 Å². The lowest BCUT2D eigenvalue weighted by molar-refractivity contribution is -0.136. The summed E-state index contributed by atoms with van der Waals surface area (Å²) in [5.41, 5.74) is 1.76. The van der Waals surface area contributed by atoms with E-state index in [1.54, 1.807) is 35.6 Å². The number of piperidine rings is 1. The largest absolute Gasteiger partial charge is 0.494 e. The van der Waals surface area contributed by atoms with Gasteiger partial charge in [0, 0.05) is 12.2 Å². The first-order chi connectivity index (χ1) is 13.7. The second-order valence-corrected chi connectivity index (χ2v) is 7.57. The van der Waals surface area contributed by atoms with Gasteiger partial charge in [-0.3, -0.25) is 14.5 Å². The van der Waals surface area contributed by atoms with Crippen LogP contribution in [0.5, 0.6) is 5.75 Å².